The quantitative estimate of drug-likeness (QED) is 0.452. The van der Waals surface area contributed by atoms with Crippen LogP contribution in [0.25, 0.3) is 10.8 Å². The van der Waals surface area contributed by atoms with Gasteiger partial charge in [-0.2, -0.15) is 5.26 Å². The van der Waals surface area contributed by atoms with E-state index in [-0.39, 0.29) is 11.9 Å². The van der Waals surface area contributed by atoms with E-state index in [4.69, 9.17) is 4.74 Å². The maximum absolute atomic E-state index is 14.1. The molecule has 1 saturated carbocycles. The van der Waals surface area contributed by atoms with Gasteiger partial charge in [-0.25, -0.2) is 0 Å². The van der Waals surface area contributed by atoms with Crippen LogP contribution in [0.4, 0.5) is 0 Å². The Morgan fingerprint density at radius 1 is 1.00 bits per heavy atom. The maximum atomic E-state index is 14.1. The number of ether oxygens (including phenoxy) is 1. The van der Waals surface area contributed by atoms with Crippen LogP contribution < -0.4 is 4.74 Å². The van der Waals surface area contributed by atoms with Crippen LogP contribution in [-0.2, 0) is 4.79 Å². The molecular formula is C29H32N2O2. The van der Waals surface area contributed by atoms with Gasteiger partial charge in [-0.3, -0.25) is 4.79 Å². The molecule has 0 aromatic heterocycles. The van der Waals surface area contributed by atoms with Gasteiger partial charge in [-0.1, -0.05) is 79.9 Å². The number of nitriles is 1. The summed E-state index contributed by atoms with van der Waals surface area (Å²) in [7, 11) is 3.51. The lowest BCUT2D eigenvalue weighted by Gasteiger charge is -2.39. The van der Waals surface area contributed by atoms with Crippen molar-refractivity contribution in [2.45, 2.75) is 51.0 Å². The summed E-state index contributed by atoms with van der Waals surface area (Å²) >= 11 is 0. The highest BCUT2D eigenvalue weighted by Crippen LogP contribution is 2.47. The molecule has 1 fully saturated rings. The van der Waals surface area contributed by atoms with Crippen molar-refractivity contribution in [2.24, 2.45) is 5.41 Å². The lowest BCUT2D eigenvalue weighted by Crippen LogP contribution is -2.48. The van der Waals surface area contributed by atoms with Gasteiger partial charge >= 0.3 is 0 Å². The van der Waals surface area contributed by atoms with Crippen LogP contribution in [0.3, 0.4) is 0 Å². The first-order valence-corrected chi connectivity index (χ1v) is 11.8. The van der Waals surface area contributed by atoms with Crippen LogP contribution in [0.2, 0.25) is 0 Å². The maximum Gasteiger partial charge on any atom is 0.243 e. The molecule has 4 nitrogen and oxygen atoms in total. The molecule has 1 amide bonds. The molecule has 0 bridgehead atoms. The van der Waals surface area contributed by atoms with E-state index in [1.54, 1.807) is 14.0 Å². The van der Waals surface area contributed by atoms with Gasteiger partial charge in [0, 0.05) is 24.6 Å². The van der Waals surface area contributed by atoms with Gasteiger partial charge in [-0.05, 0) is 42.2 Å². The van der Waals surface area contributed by atoms with Gasteiger partial charge in [0.1, 0.15) is 11.2 Å². The number of nitrogens with zero attached hydrogens (tertiary/aromatic N) is 2. The largest absolute Gasteiger partial charge is 0.496 e. The Balaban J connectivity index is 1.91. The molecule has 0 heterocycles. The molecule has 0 spiro atoms. The van der Waals surface area contributed by atoms with Crippen molar-refractivity contribution in [1.82, 2.24) is 4.90 Å². The minimum Gasteiger partial charge on any atom is -0.496 e. The molecule has 1 aliphatic carbocycles. The fourth-order valence-electron chi connectivity index (χ4n) is 5.43. The number of methoxy groups -OCH3 is 1. The van der Waals surface area contributed by atoms with Crippen LogP contribution in [0.1, 0.15) is 56.1 Å². The number of rotatable bonds is 6. The second kappa shape index (κ2) is 9.67. The highest BCUT2D eigenvalue weighted by Gasteiger charge is 2.47. The van der Waals surface area contributed by atoms with E-state index in [9.17, 15) is 10.1 Å². The van der Waals surface area contributed by atoms with Crippen LogP contribution in [-0.4, -0.2) is 31.0 Å². The average Bonchev–Trinajstić information content (AvgIpc) is 2.88. The van der Waals surface area contributed by atoms with Crippen molar-refractivity contribution in [3.63, 3.8) is 0 Å². The predicted octanol–water partition coefficient (Wildman–Crippen LogP) is 6.30. The minimum atomic E-state index is -1.30. The smallest absolute Gasteiger partial charge is 0.243 e. The fourth-order valence-corrected chi connectivity index (χ4v) is 5.43. The lowest BCUT2D eigenvalue weighted by molar-refractivity contribution is -0.140. The van der Waals surface area contributed by atoms with Crippen LogP contribution in [0, 0.1) is 16.7 Å². The van der Waals surface area contributed by atoms with Crippen LogP contribution in [0.5, 0.6) is 5.75 Å². The summed E-state index contributed by atoms with van der Waals surface area (Å²) in [4.78, 5) is 15.9. The first-order valence-electron chi connectivity index (χ1n) is 11.8. The third-order valence-electron chi connectivity index (χ3n) is 7.28. The zero-order chi connectivity index (χ0) is 23.4. The van der Waals surface area contributed by atoms with E-state index in [0.29, 0.717) is 5.75 Å². The number of carbonyl (C=O) groups is 1. The summed E-state index contributed by atoms with van der Waals surface area (Å²) < 4.78 is 5.72. The molecule has 0 aliphatic heterocycles. The number of hydrogen-bond donors (Lipinski definition) is 0. The van der Waals surface area contributed by atoms with E-state index < -0.39 is 11.3 Å². The van der Waals surface area contributed by atoms with Crippen molar-refractivity contribution in [2.75, 3.05) is 14.2 Å². The first-order chi connectivity index (χ1) is 16.0. The van der Waals surface area contributed by atoms with Crippen molar-refractivity contribution in [3.8, 4) is 11.8 Å². The summed E-state index contributed by atoms with van der Waals surface area (Å²) in [5, 5.41) is 12.7. The van der Waals surface area contributed by atoms with Crippen LogP contribution in [0.15, 0.2) is 66.7 Å². The number of fused-ring (bicyclic) bond motifs is 1. The molecule has 0 radical (unpaired) electrons. The van der Waals surface area contributed by atoms with Crippen molar-refractivity contribution in [1.29, 1.82) is 5.26 Å². The summed E-state index contributed by atoms with van der Waals surface area (Å²) in [6.45, 7) is 1.80. The Bertz CT molecular complexity index is 1170. The molecule has 3 aromatic rings. The zero-order valence-corrected chi connectivity index (χ0v) is 19.8. The molecule has 0 N–H and O–H groups in total. The highest BCUT2D eigenvalue weighted by molar-refractivity contribution is 5.91. The van der Waals surface area contributed by atoms with E-state index in [1.165, 1.54) is 6.42 Å². The predicted molar refractivity (Wildman–Crippen MR) is 132 cm³/mol. The Labute approximate surface area is 196 Å². The number of carbonyl (C=O) groups excluding carboxylic acids is 1. The molecule has 2 atom stereocenters. The number of amides is 1. The Morgan fingerprint density at radius 2 is 1.64 bits per heavy atom. The zero-order valence-electron chi connectivity index (χ0n) is 19.8. The summed E-state index contributed by atoms with van der Waals surface area (Å²) in [5.41, 5.74) is 0.517. The molecule has 0 saturated heterocycles. The van der Waals surface area contributed by atoms with E-state index >= 15 is 0 Å². The molecule has 33 heavy (non-hydrogen) atoms. The fraction of sp³-hybridized carbons (Fsp3) is 0.379. The van der Waals surface area contributed by atoms with Crippen LogP contribution >= 0.6 is 0 Å². The Kier molecular flexibility index (Phi) is 6.70. The molecule has 3 aromatic carbocycles. The van der Waals surface area contributed by atoms with Gasteiger partial charge in [-0.15, -0.1) is 0 Å². The monoisotopic (exact) mass is 440 g/mol. The van der Waals surface area contributed by atoms with Gasteiger partial charge in [0.15, 0.2) is 0 Å². The number of benzene rings is 3. The van der Waals surface area contributed by atoms with E-state index in [2.05, 4.69) is 24.3 Å². The Morgan fingerprint density at radius 3 is 2.36 bits per heavy atom. The highest BCUT2D eigenvalue weighted by atomic mass is 16.5. The summed E-state index contributed by atoms with van der Waals surface area (Å²) in [5.74, 6) is 0.0778. The second-order valence-electron chi connectivity index (χ2n) is 9.27. The van der Waals surface area contributed by atoms with E-state index in [1.807, 2.05) is 60.5 Å². The third-order valence-corrected chi connectivity index (χ3v) is 7.28. The average molecular weight is 441 g/mol. The minimum absolute atomic E-state index is 0.124. The molecular weight excluding hydrogens is 408 g/mol. The SMILES string of the molecule is COc1ccccc1C(c1cccc2ccccc12)C(C)(C#N)C(=O)N(C)C1CCCCC1. The molecule has 1 aliphatic rings. The molecule has 170 valence electrons. The number of para-hydroxylation sites is 1. The molecule has 4 rings (SSSR count). The first kappa shape index (κ1) is 22.9. The standard InChI is InChI=1S/C29H32N2O2/c1-29(20-30,28(32)31(2)22-14-5-4-6-15-22)27(25-17-9-10-19-26(25)33-3)24-18-11-13-21-12-7-8-16-23(21)24/h7-13,16-19,22,27H,4-6,14-15H2,1-3H3. The normalized spacial score (nSPS) is 17.0. The Hall–Kier alpha value is -3.32. The van der Waals surface area contributed by atoms with Crippen molar-refractivity contribution >= 4 is 16.7 Å². The molecule has 4 heteroatoms. The van der Waals surface area contributed by atoms with Gasteiger partial charge in [0.05, 0.1) is 13.2 Å². The summed E-state index contributed by atoms with van der Waals surface area (Å²) in [6.07, 6.45) is 5.47. The van der Waals surface area contributed by atoms with Crippen molar-refractivity contribution < 1.29 is 9.53 Å². The second-order valence-corrected chi connectivity index (χ2v) is 9.27. The molecule has 2 unspecified atom stereocenters. The van der Waals surface area contributed by atoms with Crippen molar-refractivity contribution in [3.05, 3.63) is 77.9 Å². The van der Waals surface area contributed by atoms with Gasteiger partial charge in [0.25, 0.3) is 0 Å². The topological polar surface area (TPSA) is 53.3 Å². The number of hydrogen-bond acceptors (Lipinski definition) is 3. The lowest BCUT2D eigenvalue weighted by atomic mass is 9.68. The van der Waals surface area contributed by atoms with E-state index in [0.717, 1.165) is 47.6 Å². The summed E-state index contributed by atoms with van der Waals surface area (Å²) in [6, 6.07) is 24.7. The van der Waals surface area contributed by atoms with Gasteiger partial charge < -0.3 is 9.64 Å². The third kappa shape index (κ3) is 4.20. The van der Waals surface area contributed by atoms with Gasteiger partial charge in [0.2, 0.25) is 5.91 Å².